The summed E-state index contributed by atoms with van der Waals surface area (Å²) < 4.78 is 0. The van der Waals surface area contributed by atoms with E-state index < -0.39 is 0 Å². The fourth-order valence-corrected chi connectivity index (χ4v) is 2.38. The Bertz CT molecular complexity index is 475. The van der Waals surface area contributed by atoms with E-state index in [1.807, 2.05) is 13.0 Å². The Kier molecular flexibility index (Phi) is 4.11. The summed E-state index contributed by atoms with van der Waals surface area (Å²) in [4.78, 5) is 8.69. The molecule has 4 N–H and O–H groups in total. The third-order valence-electron chi connectivity index (χ3n) is 2.64. The van der Waals surface area contributed by atoms with Crippen LogP contribution >= 0.6 is 11.3 Å². The van der Waals surface area contributed by atoms with Gasteiger partial charge in [-0.25, -0.2) is 15.8 Å². The van der Waals surface area contributed by atoms with Crippen LogP contribution in [-0.4, -0.2) is 9.97 Å². The second kappa shape index (κ2) is 5.79. The molecular formula is C12H17N5S. The molecule has 0 aromatic carbocycles. The minimum Gasteiger partial charge on any atom is -0.363 e. The molecule has 0 saturated heterocycles. The summed E-state index contributed by atoms with van der Waals surface area (Å²) in [6, 6.07) is 4.12. The van der Waals surface area contributed by atoms with Gasteiger partial charge < -0.3 is 10.7 Å². The van der Waals surface area contributed by atoms with E-state index in [4.69, 9.17) is 5.84 Å². The molecule has 0 aliphatic heterocycles. The molecule has 0 bridgehead atoms. The Morgan fingerprint density at radius 3 is 2.78 bits per heavy atom. The van der Waals surface area contributed by atoms with Crippen molar-refractivity contribution in [2.24, 2.45) is 5.84 Å². The van der Waals surface area contributed by atoms with Gasteiger partial charge in [-0.2, -0.15) is 11.3 Å². The van der Waals surface area contributed by atoms with E-state index in [1.165, 1.54) is 5.56 Å². The van der Waals surface area contributed by atoms with E-state index in [1.54, 1.807) is 11.3 Å². The minimum atomic E-state index is 0.210. The topological polar surface area (TPSA) is 75.9 Å². The number of hydrazine groups is 1. The average Bonchev–Trinajstić information content (AvgIpc) is 2.92. The number of nitrogens with one attached hydrogen (secondary N) is 2. The molecule has 0 saturated carbocycles. The highest BCUT2D eigenvalue weighted by Crippen LogP contribution is 2.21. The van der Waals surface area contributed by atoms with Gasteiger partial charge >= 0.3 is 0 Å². The Hall–Kier alpha value is -1.66. The molecule has 1 unspecified atom stereocenters. The van der Waals surface area contributed by atoms with Crippen LogP contribution in [0.25, 0.3) is 0 Å². The van der Waals surface area contributed by atoms with Crippen LogP contribution < -0.4 is 16.6 Å². The van der Waals surface area contributed by atoms with Crippen molar-refractivity contribution in [3.8, 4) is 0 Å². The van der Waals surface area contributed by atoms with Crippen LogP contribution in [0.5, 0.6) is 0 Å². The van der Waals surface area contributed by atoms with Crippen molar-refractivity contribution in [2.45, 2.75) is 26.3 Å². The molecule has 2 heterocycles. The Balaban J connectivity index is 2.17. The van der Waals surface area contributed by atoms with Crippen LogP contribution in [0.2, 0.25) is 0 Å². The lowest BCUT2D eigenvalue weighted by molar-refractivity contribution is 0.861. The van der Waals surface area contributed by atoms with Crippen molar-refractivity contribution in [2.75, 3.05) is 10.7 Å². The van der Waals surface area contributed by atoms with Crippen LogP contribution in [0.4, 0.5) is 11.6 Å². The maximum absolute atomic E-state index is 5.40. The quantitative estimate of drug-likeness (QED) is 0.571. The summed E-state index contributed by atoms with van der Waals surface area (Å²) in [5.41, 5.74) is 3.81. The molecule has 18 heavy (non-hydrogen) atoms. The molecule has 0 radical (unpaired) electrons. The fourth-order valence-electron chi connectivity index (χ4n) is 1.63. The van der Waals surface area contributed by atoms with E-state index in [-0.39, 0.29) is 6.04 Å². The van der Waals surface area contributed by atoms with Gasteiger partial charge in [0.25, 0.3) is 0 Å². The number of rotatable bonds is 5. The second-order valence-electron chi connectivity index (χ2n) is 3.98. The maximum Gasteiger partial charge on any atom is 0.145 e. The molecule has 1 atom stereocenters. The first-order chi connectivity index (χ1) is 8.72. The van der Waals surface area contributed by atoms with E-state index in [0.717, 1.165) is 18.1 Å². The number of anilines is 2. The predicted octanol–water partition coefficient (Wildman–Crippen LogP) is 2.56. The second-order valence-corrected chi connectivity index (χ2v) is 4.76. The van der Waals surface area contributed by atoms with Crippen LogP contribution in [0.3, 0.4) is 0 Å². The number of nitrogen functional groups attached to an aromatic ring is 1. The molecule has 0 aliphatic rings. The Labute approximate surface area is 110 Å². The van der Waals surface area contributed by atoms with Crippen molar-refractivity contribution in [1.82, 2.24) is 9.97 Å². The fraction of sp³-hybridized carbons (Fsp3) is 0.333. The van der Waals surface area contributed by atoms with Gasteiger partial charge in [-0.15, -0.1) is 0 Å². The van der Waals surface area contributed by atoms with Crippen LogP contribution in [0.15, 0.2) is 22.9 Å². The molecular weight excluding hydrogens is 246 g/mol. The lowest BCUT2D eigenvalue weighted by Crippen LogP contribution is -2.13. The summed E-state index contributed by atoms with van der Waals surface area (Å²) in [5, 5.41) is 7.55. The van der Waals surface area contributed by atoms with Crippen molar-refractivity contribution >= 4 is 23.0 Å². The monoisotopic (exact) mass is 263 g/mol. The van der Waals surface area contributed by atoms with Crippen molar-refractivity contribution in [3.05, 3.63) is 34.3 Å². The van der Waals surface area contributed by atoms with Gasteiger partial charge in [-0.3, -0.25) is 0 Å². The molecule has 0 spiro atoms. The van der Waals surface area contributed by atoms with E-state index >= 15 is 0 Å². The zero-order valence-electron chi connectivity index (χ0n) is 10.5. The average molecular weight is 263 g/mol. The standard InChI is InChI=1S/C12H17N5S/c1-3-10-15-11(6-12(16-10)17-13)14-8(2)9-4-5-18-7-9/h4-8H,3,13H2,1-2H3,(H2,14,15,16,17). The molecule has 2 aromatic rings. The zero-order valence-corrected chi connectivity index (χ0v) is 11.3. The maximum atomic E-state index is 5.40. The summed E-state index contributed by atoms with van der Waals surface area (Å²) in [5.74, 6) is 7.58. The highest BCUT2D eigenvalue weighted by Gasteiger charge is 2.08. The third kappa shape index (κ3) is 2.96. The molecule has 0 fully saturated rings. The third-order valence-corrected chi connectivity index (χ3v) is 3.35. The predicted molar refractivity (Wildman–Crippen MR) is 75.6 cm³/mol. The smallest absolute Gasteiger partial charge is 0.145 e. The van der Waals surface area contributed by atoms with E-state index in [2.05, 4.69) is 44.5 Å². The molecule has 5 nitrogen and oxygen atoms in total. The first-order valence-corrected chi connectivity index (χ1v) is 6.80. The van der Waals surface area contributed by atoms with Gasteiger partial charge in [0.05, 0.1) is 6.04 Å². The summed E-state index contributed by atoms with van der Waals surface area (Å²) in [6.07, 6.45) is 0.775. The lowest BCUT2D eigenvalue weighted by atomic mass is 10.2. The normalized spacial score (nSPS) is 12.2. The summed E-state index contributed by atoms with van der Waals surface area (Å²) in [6.45, 7) is 4.12. The van der Waals surface area contributed by atoms with Crippen LogP contribution in [0.1, 0.15) is 31.3 Å². The highest BCUT2D eigenvalue weighted by molar-refractivity contribution is 7.07. The van der Waals surface area contributed by atoms with Crippen molar-refractivity contribution < 1.29 is 0 Å². The summed E-state index contributed by atoms with van der Waals surface area (Å²) >= 11 is 1.69. The first-order valence-electron chi connectivity index (χ1n) is 5.86. The van der Waals surface area contributed by atoms with E-state index in [9.17, 15) is 0 Å². The Morgan fingerprint density at radius 2 is 2.17 bits per heavy atom. The number of hydrogen-bond acceptors (Lipinski definition) is 6. The lowest BCUT2D eigenvalue weighted by Gasteiger charge is -2.14. The molecule has 2 rings (SSSR count). The molecule has 6 heteroatoms. The minimum absolute atomic E-state index is 0.210. The van der Waals surface area contributed by atoms with Gasteiger partial charge in [-0.1, -0.05) is 6.92 Å². The van der Waals surface area contributed by atoms with Crippen LogP contribution in [0, 0.1) is 0 Å². The largest absolute Gasteiger partial charge is 0.363 e. The number of hydrogen-bond donors (Lipinski definition) is 3. The van der Waals surface area contributed by atoms with E-state index in [0.29, 0.717) is 5.82 Å². The number of thiophene rings is 1. The number of aromatic nitrogens is 2. The van der Waals surface area contributed by atoms with Gasteiger partial charge in [0.15, 0.2) is 0 Å². The Morgan fingerprint density at radius 1 is 1.39 bits per heavy atom. The molecule has 2 aromatic heterocycles. The van der Waals surface area contributed by atoms with Crippen LogP contribution in [-0.2, 0) is 6.42 Å². The number of nitrogens with zero attached hydrogens (tertiary/aromatic N) is 2. The van der Waals surface area contributed by atoms with Gasteiger partial charge in [0.1, 0.15) is 17.5 Å². The van der Waals surface area contributed by atoms with Gasteiger partial charge in [-0.05, 0) is 29.3 Å². The van der Waals surface area contributed by atoms with Crippen molar-refractivity contribution in [3.63, 3.8) is 0 Å². The SMILES string of the molecule is CCc1nc(NN)cc(NC(C)c2ccsc2)n1. The van der Waals surface area contributed by atoms with Gasteiger partial charge in [0, 0.05) is 12.5 Å². The summed E-state index contributed by atoms with van der Waals surface area (Å²) in [7, 11) is 0. The molecule has 0 aliphatic carbocycles. The number of aryl methyl sites for hydroxylation is 1. The molecule has 0 amide bonds. The first kappa shape index (κ1) is 12.8. The van der Waals surface area contributed by atoms with Crippen molar-refractivity contribution in [1.29, 1.82) is 0 Å². The zero-order chi connectivity index (χ0) is 13.0. The highest BCUT2D eigenvalue weighted by atomic mass is 32.1. The molecule has 96 valence electrons. The number of nitrogens with two attached hydrogens (primary N) is 1. The van der Waals surface area contributed by atoms with Gasteiger partial charge in [0.2, 0.25) is 0 Å².